The summed E-state index contributed by atoms with van der Waals surface area (Å²) in [5.74, 6) is 0.621. The van der Waals surface area contributed by atoms with Crippen molar-refractivity contribution in [2.24, 2.45) is 0 Å². The molecule has 0 saturated carbocycles. The van der Waals surface area contributed by atoms with Crippen molar-refractivity contribution in [1.82, 2.24) is 10.2 Å². The fourth-order valence-electron chi connectivity index (χ4n) is 4.34. The number of amides is 4. The molecule has 0 aliphatic carbocycles. The van der Waals surface area contributed by atoms with Gasteiger partial charge in [0, 0.05) is 35.0 Å². The second-order valence-corrected chi connectivity index (χ2v) is 9.58. The van der Waals surface area contributed by atoms with Gasteiger partial charge in [0.2, 0.25) is 5.91 Å². The first-order chi connectivity index (χ1) is 16.5. The summed E-state index contributed by atoms with van der Waals surface area (Å²) in [6.45, 7) is 2.72. The van der Waals surface area contributed by atoms with E-state index in [9.17, 15) is 14.4 Å². The number of fused-ring (bicyclic) bond motifs is 1. The van der Waals surface area contributed by atoms with Gasteiger partial charge in [0.1, 0.15) is 18.3 Å². The van der Waals surface area contributed by atoms with Crippen molar-refractivity contribution in [2.75, 3.05) is 36.2 Å². The number of nitrogens with one attached hydrogen (secondary N) is 2. The normalized spacial score (nSPS) is 20.2. The highest BCUT2D eigenvalue weighted by atomic mass is 32.2. The molecule has 4 amide bonds. The Morgan fingerprint density at radius 3 is 2.76 bits per heavy atom. The van der Waals surface area contributed by atoms with Crippen molar-refractivity contribution in [1.29, 1.82) is 0 Å². The molecule has 4 rings (SSSR count). The van der Waals surface area contributed by atoms with E-state index in [4.69, 9.17) is 4.74 Å². The number of piperidine rings is 1. The second-order valence-electron chi connectivity index (χ2n) is 8.52. The van der Waals surface area contributed by atoms with E-state index in [-0.39, 0.29) is 24.4 Å². The van der Waals surface area contributed by atoms with Crippen LogP contribution in [0.25, 0.3) is 0 Å². The predicted molar refractivity (Wildman–Crippen MR) is 133 cm³/mol. The topological polar surface area (TPSA) is 91.0 Å². The summed E-state index contributed by atoms with van der Waals surface area (Å²) in [4.78, 5) is 43.8. The molecule has 0 aromatic heterocycles. The van der Waals surface area contributed by atoms with Crippen LogP contribution in [0.3, 0.4) is 0 Å². The molecule has 8 nitrogen and oxygen atoms in total. The maximum Gasteiger partial charge on any atom is 0.319 e. The smallest absolute Gasteiger partial charge is 0.319 e. The van der Waals surface area contributed by atoms with Crippen LogP contribution >= 0.6 is 11.8 Å². The van der Waals surface area contributed by atoms with Crippen molar-refractivity contribution in [3.8, 4) is 5.75 Å². The lowest BCUT2D eigenvalue weighted by Crippen LogP contribution is -2.54. The summed E-state index contributed by atoms with van der Waals surface area (Å²) in [5, 5.41) is 5.55. The number of anilines is 2. The molecule has 180 valence electrons. The number of benzene rings is 2. The Morgan fingerprint density at radius 1 is 1.15 bits per heavy atom. The van der Waals surface area contributed by atoms with Gasteiger partial charge in [-0.3, -0.25) is 9.59 Å². The van der Waals surface area contributed by atoms with Gasteiger partial charge >= 0.3 is 6.03 Å². The van der Waals surface area contributed by atoms with Crippen molar-refractivity contribution < 1.29 is 19.1 Å². The van der Waals surface area contributed by atoms with Crippen LogP contribution in [0.5, 0.6) is 5.75 Å². The van der Waals surface area contributed by atoms with Crippen LogP contribution in [-0.4, -0.2) is 60.8 Å². The molecule has 1 saturated heterocycles. The molecule has 2 atom stereocenters. The lowest BCUT2D eigenvalue weighted by molar-refractivity contribution is -0.134. The maximum atomic E-state index is 13.6. The summed E-state index contributed by atoms with van der Waals surface area (Å²) in [5.41, 5.74) is 1.26. The van der Waals surface area contributed by atoms with Crippen LogP contribution < -0.4 is 20.3 Å². The minimum Gasteiger partial charge on any atom is -0.497 e. The third kappa shape index (κ3) is 5.47. The molecule has 2 aromatic carbocycles. The van der Waals surface area contributed by atoms with E-state index < -0.39 is 12.1 Å². The molecule has 2 unspecified atom stereocenters. The van der Waals surface area contributed by atoms with Gasteiger partial charge < -0.3 is 25.2 Å². The minimum absolute atomic E-state index is 0.0452. The van der Waals surface area contributed by atoms with Crippen LogP contribution in [0, 0.1) is 0 Å². The molecule has 9 heteroatoms. The highest BCUT2D eigenvalue weighted by molar-refractivity contribution is 7.99. The maximum absolute atomic E-state index is 13.6. The van der Waals surface area contributed by atoms with Gasteiger partial charge in [-0.2, -0.15) is 0 Å². The monoisotopic (exact) mass is 482 g/mol. The van der Waals surface area contributed by atoms with Gasteiger partial charge in [-0.25, -0.2) is 4.79 Å². The number of carbonyl (C=O) groups is 3. The first-order valence-electron chi connectivity index (χ1n) is 11.5. The van der Waals surface area contributed by atoms with Gasteiger partial charge in [0.15, 0.2) is 0 Å². The standard InChI is InChI=1S/C25H30N4O4S/c1-17-8-5-6-13-28(17)23(30)15-29-21-11-3-4-12-22(21)34-16-20(24(29)31)27-25(32)26-18-9-7-10-19(14-18)33-2/h3-4,7,9-12,14,17,20H,5-6,8,13,15-16H2,1-2H3,(H2,26,27,32). The van der Waals surface area contributed by atoms with E-state index in [0.717, 1.165) is 24.2 Å². The highest BCUT2D eigenvalue weighted by Gasteiger charge is 2.34. The molecule has 0 spiro atoms. The predicted octanol–water partition coefficient (Wildman–Crippen LogP) is 3.73. The molecule has 0 bridgehead atoms. The molecule has 34 heavy (non-hydrogen) atoms. The van der Waals surface area contributed by atoms with E-state index in [0.29, 0.717) is 29.4 Å². The Hall–Kier alpha value is -3.20. The lowest BCUT2D eigenvalue weighted by atomic mass is 10.0. The zero-order valence-corrected chi connectivity index (χ0v) is 20.3. The molecule has 2 N–H and O–H groups in total. The summed E-state index contributed by atoms with van der Waals surface area (Å²) >= 11 is 1.49. The van der Waals surface area contributed by atoms with Gasteiger partial charge in [-0.05, 0) is 50.5 Å². The quantitative estimate of drug-likeness (QED) is 0.678. The number of hydrogen-bond acceptors (Lipinski definition) is 5. The molecule has 2 heterocycles. The van der Waals surface area contributed by atoms with E-state index in [1.54, 1.807) is 31.4 Å². The summed E-state index contributed by atoms with van der Waals surface area (Å²) in [6, 6.07) is 13.4. The summed E-state index contributed by atoms with van der Waals surface area (Å²) < 4.78 is 5.19. The second kappa shape index (κ2) is 10.8. The third-order valence-corrected chi connectivity index (χ3v) is 7.33. The van der Waals surface area contributed by atoms with E-state index in [2.05, 4.69) is 17.6 Å². The Bertz CT molecular complexity index is 1060. The van der Waals surface area contributed by atoms with Crippen molar-refractivity contribution in [3.63, 3.8) is 0 Å². The molecule has 2 aliphatic rings. The molecular formula is C25H30N4O4S. The van der Waals surface area contributed by atoms with E-state index in [1.165, 1.54) is 16.7 Å². The first kappa shape index (κ1) is 23.9. The van der Waals surface area contributed by atoms with Gasteiger partial charge in [-0.1, -0.05) is 18.2 Å². The van der Waals surface area contributed by atoms with Crippen molar-refractivity contribution in [3.05, 3.63) is 48.5 Å². The number of carbonyl (C=O) groups excluding carboxylic acids is 3. The Balaban J connectivity index is 1.50. The highest BCUT2D eigenvalue weighted by Crippen LogP contribution is 2.34. The van der Waals surface area contributed by atoms with E-state index in [1.807, 2.05) is 29.2 Å². The summed E-state index contributed by atoms with van der Waals surface area (Å²) in [7, 11) is 1.55. The number of methoxy groups -OCH3 is 1. The number of likely N-dealkylation sites (tertiary alicyclic amines) is 1. The average molecular weight is 483 g/mol. The number of rotatable bonds is 5. The number of nitrogens with zero attached hydrogens (tertiary/aromatic N) is 2. The Labute approximate surface area is 204 Å². The van der Waals surface area contributed by atoms with Gasteiger partial charge in [0.25, 0.3) is 5.91 Å². The average Bonchev–Trinajstić information content (AvgIpc) is 2.96. The zero-order chi connectivity index (χ0) is 24.1. The minimum atomic E-state index is -0.783. The van der Waals surface area contributed by atoms with Crippen LogP contribution in [-0.2, 0) is 9.59 Å². The molecule has 2 aliphatic heterocycles. The SMILES string of the molecule is COc1cccc(NC(=O)NC2CSc3ccccc3N(CC(=O)N3CCCCC3C)C2=O)c1. The van der Waals surface area contributed by atoms with Crippen molar-refractivity contribution >= 4 is 41.0 Å². The van der Waals surface area contributed by atoms with Gasteiger partial charge in [0.05, 0.1) is 12.8 Å². The van der Waals surface area contributed by atoms with Crippen LogP contribution in [0.1, 0.15) is 26.2 Å². The largest absolute Gasteiger partial charge is 0.497 e. The number of thioether (sulfide) groups is 1. The fourth-order valence-corrected chi connectivity index (χ4v) is 5.41. The van der Waals surface area contributed by atoms with Gasteiger partial charge in [-0.15, -0.1) is 11.8 Å². The molecule has 0 radical (unpaired) electrons. The number of hydrogen-bond donors (Lipinski definition) is 2. The number of urea groups is 1. The van der Waals surface area contributed by atoms with Crippen LogP contribution in [0.2, 0.25) is 0 Å². The third-order valence-electron chi connectivity index (χ3n) is 6.18. The Morgan fingerprint density at radius 2 is 1.97 bits per heavy atom. The fraction of sp³-hybridized carbons (Fsp3) is 0.400. The van der Waals surface area contributed by atoms with Crippen LogP contribution in [0.15, 0.2) is 53.4 Å². The van der Waals surface area contributed by atoms with Crippen LogP contribution in [0.4, 0.5) is 16.2 Å². The number of para-hydroxylation sites is 1. The Kier molecular flexibility index (Phi) is 7.62. The van der Waals surface area contributed by atoms with E-state index >= 15 is 0 Å². The molecule has 1 fully saturated rings. The lowest BCUT2D eigenvalue weighted by Gasteiger charge is -2.35. The molecular weight excluding hydrogens is 452 g/mol. The zero-order valence-electron chi connectivity index (χ0n) is 19.5. The molecule has 2 aromatic rings. The summed E-state index contributed by atoms with van der Waals surface area (Å²) in [6.07, 6.45) is 3.06. The van der Waals surface area contributed by atoms with Crippen molar-refractivity contribution in [2.45, 2.75) is 43.2 Å². The first-order valence-corrected chi connectivity index (χ1v) is 12.5. The number of ether oxygens (including phenoxy) is 1.